The van der Waals surface area contributed by atoms with Crippen molar-refractivity contribution in [3.8, 4) is 0 Å². The van der Waals surface area contributed by atoms with Gasteiger partial charge in [-0.1, -0.05) is 6.92 Å². The zero-order valence-electron chi connectivity index (χ0n) is 19.7. The van der Waals surface area contributed by atoms with E-state index in [1.807, 2.05) is 0 Å². The van der Waals surface area contributed by atoms with E-state index in [2.05, 4.69) is 55.0 Å². The van der Waals surface area contributed by atoms with Gasteiger partial charge in [0.15, 0.2) is 0 Å². The Labute approximate surface area is 189 Å². The molecule has 0 aromatic carbocycles. The second-order valence-electron chi connectivity index (χ2n) is 7.45. The quantitative estimate of drug-likeness (QED) is 0.0344. The first-order valence-corrected chi connectivity index (χ1v) is 11.9. The smallest absolute Gasteiger partial charge is 0.0501 e. The Kier molecular flexibility index (Phi) is 25.4. The molecule has 0 aliphatic carbocycles. The number of hydrazine groups is 2. The lowest BCUT2D eigenvalue weighted by molar-refractivity contribution is 0.353. The van der Waals surface area contributed by atoms with Gasteiger partial charge in [0.25, 0.3) is 0 Å². The number of hydrogen-bond donors (Lipinski definition) is 12. The first-order valence-electron chi connectivity index (χ1n) is 11.9. The van der Waals surface area contributed by atoms with Crippen LogP contribution >= 0.6 is 0 Å². The molecule has 0 aliphatic rings. The molecular formula is C19H52N12. The summed E-state index contributed by atoms with van der Waals surface area (Å²) in [5, 5.41) is 23.8. The molecule has 0 rings (SSSR count). The highest BCUT2D eigenvalue weighted by Gasteiger charge is 2.16. The first kappa shape index (κ1) is 30.5. The van der Waals surface area contributed by atoms with Crippen molar-refractivity contribution < 1.29 is 0 Å². The molecule has 12 heteroatoms. The van der Waals surface area contributed by atoms with Gasteiger partial charge in [-0.3, -0.25) is 22.5 Å². The minimum absolute atomic E-state index is 0.116. The van der Waals surface area contributed by atoms with Gasteiger partial charge in [-0.15, -0.1) is 0 Å². The molecule has 0 bridgehead atoms. The Bertz CT molecular complexity index is 333. The van der Waals surface area contributed by atoms with Crippen LogP contribution in [0.1, 0.15) is 13.3 Å². The van der Waals surface area contributed by atoms with Crippen LogP contribution in [-0.2, 0) is 0 Å². The first-order chi connectivity index (χ1) is 15.3. The van der Waals surface area contributed by atoms with Gasteiger partial charge in [-0.2, -0.15) is 0 Å². The van der Waals surface area contributed by atoms with E-state index in [0.29, 0.717) is 6.54 Å². The summed E-state index contributed by atoms with van der Waals surface area (Å²) in [6.45, 7) is 16.1. The fourth-order valence-electron chi connectivity index (χ4n) is 3.01. The molecule has 0 heterocycles. The van der Waals surface area contributed by atoms with Crippen molar-refractivity contribution in [1.29, 1.82) is 0 Å². The van der Waals surface area contributed by atoms with Crippen molar-refractivity contribution in [2.75, 3.05) is 98.2 Å². The Morgan fingerprint density at radius 1 is 0.484 bits per heavy atom. The van der Waals surface area contributed by atoms with Crippen molar-refractivity contribution in [3.05, 3.63) is 0 Å². The van der Waals surface area contributed by atoms with Crippen LogP contribution < -0.4 is 65.5 Å². The van der Waals surface area contributed by atoms with Gasteiger partial charge in [0.1, 0.15) is 0 Å². The molecule has 188 valence electrons. The maximum atomic E-state index is 5.59. The fraction of sp³-hybridized carbons (Fsp3) is 1.00. The standard InChI is InChI=1S/C19H52N12/c1-2-18(30-21)19(31-22)17-29-16-15-28-14-13-27-12-11-26-10-9-25-8-7-24-6-5-23-4-3-20/h18-19,23-31H,2-17,20-22H2,1H3. The molecule has 12 nitrogen and oxygen atoms in total. The molecule has 15 N–H and O–H groups in total. The molecular weight excluding hydrogens is 396 g/mol. The number of nitrogens with one attached hydrogen (secondary N) is 9. The lowest BCUT2D eigenvalue weighted by atomic mass is 10.1. The summed E-state index contributed by atoms with van der Waals surface area (Å²) in [5.74, 6) is 11.1. The number of rotatable bonds is 26. The minimum atomic E-state index is 0.116. The minimum Gasteiger partial charge on any atom is -0.329 e. The van der Waals surface area contributed by atoms with Gasteiger partial charge in [-0.25, -0.2) is 0 Å². The third kappa shape index (κ3) is 21.1. The van der Waals surface area contributed by atoms with E-state index in [-0.39, 0.29) is 12.1 Å². The summed E-state index contributed by atoms with van der Waals surface area (Å²) >= 11 is 0. The average molecular weight is 449 g/mol. The summed E-state index contributed by atoms with van der Waals surface area (Å²) in [4.78, 5) is 0. The maximum absolute atomic E-state index is 5.59. The third-order valence-electron chi connectivity index (χ3n) is 4.91. The Balaban J connectivity index is 3.18. The molecule has 0 aliphatic heterocycles. The molecule has 0 radical (unpaired) electrons. The second-order valence-corrected chi connectivity index (χ2v) is 7.45. The molecule has 2 unspecified atom stereocenters. The van der Waals surface area contributed by atoms with Gasteiger partial charge in [0, 0.05) is 104 Å². The molecule has 0 saturated heterocycles. The van der Waals surface area contributed by atoms with Crippen molar-refractivity contribution in [2.24, 2.45) is 17.4 Å². The van der Waals surface area contributed by atoms with E-state index in [1.54, 1.807) is 0 Å². The largest absolute Gasteiger partial charge is 0.329 e. The maximum Gasteiger partial charge on any atom is 0.0501 e. The SMILES string of the molecule is CCC(NN)C(CNCCNCCNCCNCCNCCNCCNCCN)NN. The monoisotopic (exact) mass is 448 g/mol. The van der Waals surface area contributed by atoms with Gasteiger partial charge >= 0.3 is 0 Å². The number of nitrogens with two attached hydrogens (primary N) is 3. The molecule has 31 heavy (non-hydrogen) atoms. The lowest BCUT2D eigenvalue weighted by Crippen LogP contribution is -2.57. The van der Waals surface area contributed by atoms with Crippen molar-refractivity contribution in [2.45, 2.75) is 25.4 Å². The predicted molar refractivity (Wildman–Crippen MR) is 132 cm³/mol. The van der Waals surface area contributed by atoms with E-state index >= 15 is 0 Å². The molecule has 0 spiro atoms. The number of hydrogen-bond acceptors (Lipinski definition) is 12. The van der Waals surface area contributed by atoms with Crippen LogP contribution in [0.3, 0.4) is 0 Å². The van der Waals surface area contributed by atoms with Crippen molar-refractivity contribution in [3.63, 3.8) is 0 Å². The highest BCUT2D eigenvalue weighted by molar-refractivity contribution is 4.79. The van der Waals surface area contributed by atoms with Crippen molar-refractivity contribution in [1.82, 2.24) is 48.1 Å². The predicted octanol–water partition coefficient (Wildman–Crippen LogP) is -4.85. The van der Waals surface area contributed by atoms with Crippen LogP contribution in [0.2, 0.25) is 0 Å². The van der Waals surface area contributed by atoms with Crippen LogP contribution in [0.25, 0.3) is 0 Å². The van der Waals surface area contributed by atoms with Crippen LogP contribution in [0.4, 0.5) is 0 Å². The summed E-state index contributed by atoms with van der Waals surface area (Å²) in [6, 6.07) is 0.278. The van der Waals surface area contributed by atoms with E-state index in [9.17, 15) is 0 Å². The third-order valence-corrected chi connectivity index (χ3v) is 4.91. The molecule has 0 amide bonds. The topological polar surface area (TPSA) is 186 Å². The summed E-state index contributed by atoms with van der Waals surface area (Å²) < 4.78 is 0. The Morgan fingerprint density at radius 3 is 1.10 bits per heavy atom. The Hall–Kier alpha value is -0.480. The van der Waals surface area contributed by atoms with Crippen LogP contribution in [0.5, 0.6) is 0 Å². The van der Waals surface area contributed by atoms with Crippen LogP contribution in [0, 0.1) is 0 Å². The fourth-order valence-corrected chi connectivity index (χ4v) is 3.01. The highest BCUT2D eigenvalue weighted by atomic mass is 15.3. The van der Waals surface area contributed by atoms with Crippen molar-refractivity contribution >= 4 is 0 Å². The average Bonchev–Trinajstić information content (AvgIpc) is 2.79. The van der Waals surface area contributed by atoms with Crippen LogP contribution in [-0.4, -0.2) is 110 Å². The summed E-state index contributed by atoms with van der Waals surface area (Å²) in [7, 11) is 0. The van der Waals surface area contributed by atoms with E-state index < -0.39 is 0 Å². The van der Waals surface area contributed by atoms with Gasteiger partial charge in [0.2, 0.25) is 0 Å². The van der Waals surface area contributed by atoms with E-state index in [4.69, 9.17) is 17.4 Å². The van der Waals surface area contributed by atoms with Gasteiger partial charge < -0.3 is 43.0 Å². The zero-order valence-corrected chi connectivity index (χ0v) is 19.7. The molecule has 0 aromatic rings. The second kappa shape index (κ2) is 25.8. The van der Waals surface area contributed by atoms with Gasteiger partial charge in [0.05, 0.1) is 6.04 Å². The van der Waals surface area contributed by atoms with E-state index in [1.165, 1.54) is 0 Å². The highest BCUT2D eigenvalue weighted by Crippen LogP contribution is 1.95. The summed E-state index contributed by atoms with van der Waals surface area (Å²) in [5.41, 5.74) is 11.0. The Morgan fingerprint density at radius 2 is 0.806 bits per heavy atom. The normalized spacial score (nSPS) is 13.5. The zero-order chi connectivity index (χ0) is 22.8. The summed E-state index contributed by atoms with van der Waals surface area (Å²) in [6.07, 6.45) is 0.925. The molecule has 0 aromatic heterocycles. The van der Waals surface area contributed by atoms with E-state index in [0.717, 1.165) is 98.0 Å². The van der Waals surface area contributed by atoms with Gasteiger partial charge in [-0.05, 0) is 6.42 Å². The molecule has 0 fully saturated rings. The lowest BCUT2D eigenvalue weighted by Gasteiger charge is -2.25. The molecule has 2 atom stereocenters. The molecule has 0 saturated carbocycles. The van der Waals surface area contributed by atoms with Crippen LogP contribution in [0.15, 0.2) is 0 Å².